The van der Waals surface area contributed by atoms with Crippen molar-refractivity contribution in [3.8, 4) is 0 Å². The smallest absolute Gasteiger partial charge is 0.348 e. The van der Waals surface area contributed by atoms with E-state index in [1.807, 2.05) is 20.8 Å². The Morgan fingerprint density at radius 2 is 2.10 bits per heavy atom. The molecule has 21 heavy (non-hydrogen) atoms. The number of aryl methyl sites for hydroxylation is 1. The van der Waals surface area contributed by atoms with Crippen molar-refractivity contribution in [1.82, 2.24) is 9.97 Å². The van der Waals surface area contributed by atoms with Crippen LogP contribution in [0.4, 0.5) is 5.82 Å². The third kappa shape index (κ3) is 3.32. The first-order valence-corrected chi connectivity index (χ1v) is 7.97. The van der Waals surface area contributed by atoms with Gasteiger partial charge in [0.05, 0.1) is 11.5 Å². The Labute approximate surface area is 128 Å². The van der Waals surface area contributed by atoms with Crippen LogP contribution in [-0.2, 0) is 4.74 Å². The van der Waals surface area contributed by atoms with Crippen molar-refractivity contribution in [1.29, 1.82) is 0 Å². The van der Waals surface area contributed by atoms with Gasteiger partial charge in [-0.25, -0.2) is 14.8 Å². The predicted octanol–water partition coefficient (Wildman–Crippen LogP) is 3.78. The first-order chi connectivity index (χ1) is 9.93. The number of rotatable bonds is 5. The molecule has 2 rings (SSSR count). The van der Waals surface area contributed by atoms with Gasteiger partial charge < -0.3 is 10.1 Å². The van der Waals surface area contributed by atoms with E-state index in [-0.39, 0.29) is 12.1 Å². The highest BCUT2D eigenvalue weighted by Gasteiger charge is 2.21. The molecule has 0 fully saturated rings. The third-order valence-electron chi connectivity index (χ3n) is 3.25. The average Bonchev–Trinajstić information content (AvgIpc) is 2.76. The first-order valence-electron chi connectivity index (χ1n) is 7.15. The van der Waals surface area contributed by atoms with E-state index in [0.29, 0.717) is 10.9 Å². The molecule has 2 heterocycles. The van der Waals surface area contributed by atoms with Crippen molar-refractivity contribution in [2.24, 2.45) is 0 Å². The molecule has 6 heteroatoms. The van der Waals surface area contributed by atoms with Crippen LogP contribution in [0.3, 0.4) is 0 Å². The second-order valence-electron chi connectivity index (χ2n) is 5.37. The van der Waals surface area contributed by atoms with Gasteiger partial charge in [-0.1, -0.05) is 6.92 Å². The summed E-state index contributed by atoms with van der Waals surface area (Å²) in [5.41, 5.74) is 0.882. The zero-order valence-corrected chi connectivity index (χ0v) is 13.9. The van der Waals surface area contributed by atoms with Crippen molar-refractivity contribution in [2.45, 2.75) is 53.2 Å². The standard InChI is InChI=1S/C15H21N3O2S/c1-6-9(4)18-13-11-10(5)12(15(19)20-8(2)3)21-14(11)17-7-16-13/h7-9H,6H2,1-5H3,(H,16,17,18). The minimum absolute atomic E-state index is 0.133. The summed E-state index contributed by atoms with van der Waals surface area (Å²) in [5.74, 6) is 0.492. The normalized spacial score (nSPS) is 12.7. The van der Waals surface area contributed by atoms with Crippen molar-refractivity contribution in [3.05, 3.63) is 16.8 Å². The van der Waals surface area contributed by atoms with E-state index in [1.165, 1.54) is 17.7 Å². The summed E-state index contributed by atoms with van der Waals surface area (Å²) in [7, 11) is 0. The number of anilines is 1. The fourth-order valence-corrected chi connectivity index (χ4v) is 3.01. The van der Waals surface area contributed by atoms with Gasteiger partial charge in [-0.15, -0.1) is 11.3 Å². The lowest BCUT2D eigenvalue weighted by atomic mass is 10.2. The van der Waals surface area contributed by atoms with Crippen LogP contribution in [-0.4, -0.2) is 28.1 Å². The quantitative estimate of drug-likeness (QED) is 0.852. The Kier molecular flexibility index (Phi) is 4.77. The number of nitrogens with zero attached hydrogens (tertiary/aromatic N) is 2. The maximum absolute atomic E-state index is 12.2. The fraction of sp³-hybridized carbons (Fsp3) is 0.533. The lowest BCUT2D eigenvalue weighted by Crippen LogP contribution is -2.15. The summed E-state index contributed by atoms with van der Waals surface area (Å²) in [5, 5.41) is 4.29. The maximum Gasteiger partial charge on any atom is 0.348 e. The molecule has 1 unspecified atom stereocenters. The second kappa shape index (κ2) is 6.39. The molecule has 0 aliphatic heterocycles. The molecular formula is C15H21N3O2S. The molecule has 2 aromatic heterocycles. The minimum Gasteiger partial charge on any atom is -0.459 e. The lowest BCUT2D eigenvalue weighted by Gasteiger charge is -2.13. The summed E-state index contributed by atoms with van der Waals surface area (Å²) in [6, 6.07) is 0.313. The summed E-state index contributed by atoms with van der Waals surface area (Å²) in [6.07, 6.45) is 2.39. The van der Waals surface area contributed by atoms with Gasteiger partial charge >= 0.3 is 5.97 Å². The number of carbonyl (C=O) groups is 1. The molecule has 0 aromatic carbocycles. The summed E-state index contributed by atoms with van der Waals surface area (Å²) < 4.78 is 5.29. The van der Waals surface area contributed by atoms with E-state index < -0.39 is 0 Å². The highest BCUT2D eigenvalue weighted by molar-refractivity contribution is 7.20. The molecule has 2 aromatic rings. The van der Waals surface area contributed by atoms with Gasteiger partial charge in [-0.3, -0.25) is 0 Å². The Morgan fingerprint density at radius 1 is 1.38 bits per heavy atom. The summed E-state index contributed by atoms with van der Waals surface area (Å²) >= 11 is 1.36. The largest absolute Gasteiger partial charge is 0.459 e. The maximum atomic E-state index is 12.2. The van der Waals surface area contributed by atoms with Crippen LogP contribution in [0.2, 0.25) is 0 Å². The van der Waals surface area contributed by atoms with E-state index in [0.717, 1.165) is 28.0 Å². The highest BCUT2D eigenvalue weighted by Crippen LogP contribution is 2.34. The predicted molar refractivity (Wildman–Crippen MR) is 86.1 cm³/mol. The fourth-order valence-electron chi connectivity index (χ4n) is 1.98. The van der Waals surface area contributed by atoms with Crippen LogP contribution < -0.4 is 5.32 Å². The summed E-state index contributed by atoms with van der Waals surface area (Å²) in [6.45, 7) is 9.82. The van der Waals surface area contributed by atoms with E-state index in [4.69, 9.17) is 4.74 Å². The van der Waals surface area contributed by atoms with Crippen LogP contribution in [0.1, 0.15) is 49.4 Å². The SMILES string of the molecule is CCC(C)Nc1ncnc2sc(C(=O)OC(C)C)c(C)c12. The molecule has 0 bridgehead atoms. The van der Waals surface area contributed by atoms with Crippen LogP contribution in [0.5, 0.6) is 0 Å². The second-order valence-corrected chi connectivity index (χ2v) is 6.37. The van der Waals surface area contributed by atoms with Gasteiger partial charge in [0, 0.05) is 6.04 Å². The highest BCUT2D eigenvalue weighted by atomic mass is 32.1. The average molecular weight is 307 g/mol. The molecule has 1 atom stereocenters. The zero-order valence-electron chi connectivity index (χ0n) is 13.1. The molecule has 0 aliphatic rings. The number of aromatic nitrogens is 2. The van der Waals surface area contributed by atoms with E-state index >= 15 is 0 Å². The van der Waals surface area contributed by atoms with Gasteiger partial charge in [0.25, 0.3) is 0 Å². The molecule has 0 radical (unpaired) electrons. The van der Waals surface area contributed by atoms with Crippen molar-refractivity contribution >= 4 is 33.3 Å². The van der Waals surface area contributed by atoms with Gasteiger partial charge in [-0.2, -0.15) is 0 Å². The Morgan fingerprint density at radius 3 is 2.71 bits per heavy atom. The Hall–Kier alpha value is -1.69. The van der Waals surface area contributed by atoms with Crippen LogP contribution >= 0.6 is 11.3 Å². The van der Waals surface area contributed by atoms with E-state index in [1.54, 1.807) is 0 Å². The number of carbonyl (C=O) groups excluding carboxylic acids is 1. The number of hydrogen-bond acceptors (Lipinski definition) is 6. The van der Waals surface area contributed by atoms with Crippen LogP contribution in [0.15, 0.2) is 6.33 Å². The molecule has 0 saturated carbocycles. The molecular weight excluding hydrogens is 286 g/mol. The van der Waals surface area contributed by atoms with Gasteiger partial charge in [0.2, 0.25) is 0 Å². The van der Waals surface area contributed by atoms with Crippen LogP contribution in [0, 0.1) is 6.92 Å². The van der Waals surface area contributed by atoms with Crippen molar-refractivity contribution < 1.29 is 9.53 Å². The molecule has 0 spiro atoms. The zero-order chi connectivity index (χ0) is 15.6. The third-order valence-corrected chi connectivity index (χ3v) is 4.43. The number of esters is 1. The molecule has 0 saturated heterocycles. The topological polar surface area (TPSA) is 64.1 Å². The van der Waals surface area contributed by atoms with Crippen LogP contribution in [0.25, 0.3) is 10.2 Å². The molecule has 114 valence electrons. The Bertz CT molecular complexity index is 652. The number of thiophene rings is 1. The molecule has 0 aliphatic carbocycles. The number of ether oxygens (including phenoxy) is 1. The van der Waals surface area contributed by atoms with E-state index in [9.17, 15) is 4.79 Å². The monoisotopic (exact) mass is 307 g/mol. The van der Waals surface area contributed by atoms with Gasteiger partial charge in [0.1, 0.15) is 21.9 Å². The molecule has 5 nitrogen and oxygen atoms in total. The van der Waals surface area contributed by atoms with Crippen molar-refractivity contribution in [3.63, 3.8) is 0 Å². The van der Waals surface area contributed by atoms with E-state index in [2.05, 4.69) is 29.1 Å². The van der Waals surface area contributed by atoms with Crippen molar-refractivity contribution in [2.75, 3.05) is 5.32 Å². The van der Waals surface area contributed by atoms with Gasteiger partial charge in [-0.05, 0) is 39.7 Å². The Balaban J connectivity index is 2.46. The lowest BCUT2D eigenvalue weighted by molar-refractivity contribution is 0.0383. The summed E-state index contributed by atoms with van der Waals surface area (Å²) in [4.78, 5) is 22.2. The number of nitrogens with one attached hydrogen (secondary N) is 1. The molecule has 1 N–H and O–H groups in total. The van der Waals surface area contributed by atoms with Gasteiger partial charge in [0.15, 0.2) is 0 Å². The minimum atomic E-state index is -0.292. The number of hydrogen-bond donors (Lipinski definition) is 1. The number of fused-ring (bicyclic) bond motifs is 1. The first kappa shape index (κ1) is 15.7. The molecule has 0 amide bonds.